The van der Waals surface area contributed by atoms with Gasteiger partial charge in [-0.1, -0.05) is 29.8 Å². The Balaban J connectivity index is 0.00000240. The van der Waals surface area contributed by atoms with E-state index in [-0.39, 0.29) is 24.0 Å². The van der Waals surface area contributed by atoms with Crippen LogP contribution in [-0.2, 0) is 4.74 Å². The number of morpholine rings is 1. The topological polar surface area (TPSA) is 48.9 Å². The van der Waals surface area contributed by atoms with Gasteiger partial charge in [-0.05, 0) is 35.6 Å². The van der Waals surface area contributed by atoms with Gasteiger partial charge >= 0.3 is 0 Å². The number of halogens is 2. The first-order chi connectivity index (χ1) is 13.7. The maximum Gasteiger partial charge on any atom is 0.191 e. The Kier molecular flexibility index (Phi) is 8.61. The van der Waals surface area contributed by atoms with Crippen LogP contribution in [0, 0.1) is 0 Å². The number of hydrogen-bond acceptors (Lipinski definition) is 4. The third-order valence-corrected chi connectivity index (χ3v) is 6.64. The molecule has 2 aromatic rings. The smallest absolute Gasteiger partial charge is 0.191 e. The summed E-state index contributed by atoms with van der Waals surface area (Å²) in [4.78, 5) is 8.32. The van der Waals surface area contributed by atoms with Crippen LogP contribution in [0.2, 0.25) is 5.02 Å². The monoisotopic (exact) mass is 546 g/mol. The van der Waals surface area contributed by atoms with Crippen LogP contribution in [0.15, 0.2) is 46.8 Å². The minimum atomic E-state index is 0. The van der Waals surface area contributed by atoms with Crippen LogP contribution >= 0.6 is 46.9 Å². The van der Waals surface area contributed by atoms with Crippen molar-refractivity contribution in [1.29, 1.82) is 0 Å². The van der Waals surface area contributed by atoms with Crippen molar-refractivity contribution in [3.05, 3.63) is 57.2 Å². The summed E-state index contributed by atoms with van der Waals surface area (Å²) in [6.45, 7) is 4.37. The minimum absolute atomic E-state index is 0. The van der Waals surface area contributed by atoms with Gasteiger partial charge in [-0.3, -0.25) is 9.89 Å². The minimum Gasteiger partial charge on any atom is -0.379 e. The first-order valence-electron chi connectivity index (χ1n) is 9.82. The van der Waals surface area contributed by atoms with Crippen molar-refractivity contribution < 1.29 is 4.74 Å². The van der Waals surface area contributed by atoms with Crippen LogP contribution < -0.4 is 10.6 Å². The molecule has 2 aliphatic rings. The molecule has 0 spiro atoms. The number of thiophene rings is 1. The first-order valence-corrected chi connectivity index (χ1v) is 11.1. The zero-order valence-corrected chi connectivity index (χ0v) is 20.4. The number of aliphatic imine (C=N–C) groups is 1. The lowest BCUT2D eigenvalue weighted by molar-refractivity contribution is 0.0177. The number of guanidine groups is 1. The van der Waals surface area contributed by atoms with Gasteiger partial charge in [0.1, 0.15) is 0 Å². The molecule has 1 aromatic heterocycles. The van der Waals surface area contributed by atoms with Crippen molar-refractivity contribution >= 4 is 52.9 Å². The summed E-state index contributed by atoms with van der Waals surface area (Å²) in [6.07, 6.45) is 1.11. The van der Waals surface area contributed by atoms with Crippen molar-refractivity contribution in [3.8, 4) is 0 Å². The molecule has 158 valence electrons. The van der Waals surface area contributed by atoms with Crippen LogP contribution in [0.4, 0.5) is 0 Å². The number of hydrogen-bond donors (Lipinski definition) is 2. The Morgan fingerprint density at radius 1 is 1.31 bits per heavy atom. The molecule has 1 aromatic carbocycles. The van der Waals surface area contributed by atoms with E-state index >= 15 is 0 Å². The van der Waals surface area contributed by atoms with Gasteiger partial charge in [0.05, 0.1) is 19.3 Å². The van der Waals surface area contributed by atoms with Crippen LogP contribution in [0.25, 0.3) is 0 Å². The van der Waals surface area contributed by atoms with Gasteiger partial charge in [-0.25, -0.2) is 0 Å². The van der Waals surface area contributed by atoms with E-state index in [0.717, 1.165) is 50.3 Å². The number of nitrogens with zero attached hydrogens (tertiary/aromatic N) is 2. The fourth-order valence-electron chi connectivity index (χ4n) is 3.80. The summed E-state index contributed by atoms with van der Waals surface area (Å²) < 4.78 is 5.53. The van der Waals surface area contributed by atoms with Crippen LogP contribution in [0.1, 0.15) is 28.8 Å². The van der Waals surface area contributed by atoms with Crippen molar-refractivity contribution in [2.75, 3.05) is 39.9 Å². The van der Waals surface area contributed by atoms with E-state index in [2.05, 4.69) is 50.2 Å². The Labute approximate surface area is 198 Å². The number of rotatable bonds is 6. The van der Waals surface area contributed by atoms with Crippen molar-refractivity contribution in [2.45, 2.75) is 24.4 Å². The van der Waals surface area contributed by atoms with Crippen LogP contribution in [-0.4, -0.2) is 56.8 Å². The van der Waals surface area contributed by atoms with Gasteiger partial charge in [-0.2, -0.15) is 0 Å². The molecule has 2 heterocycles. The van der Waals surface area contributed by atoms with E-state index < -0.39 is 0 Å². The van der Waals surface area contributed by atoms with Crippen molar-refractivity contribution in [1.82, 2.24) is 15.5 Å². The molecule has 1 saturated carbocycles. The molecule has 8 heteroatoms. The first kappa shape index (κ1) is 22.8. The summed E-state index contributed by atoms with van der Waals surface area (Å²) in [5, 5.41) is 10.1. The summed E-state index contributed by atoms with van der Waals surface area (Å²) >= 11 is 7.95. The van der Waals surface area contributed by atoms with E-state index in [4.69, 9.17) is 16.3 Å². The molecule has 3 unspecified atom stereocenters. The maximum absolute atomic E-state index is 6.14. The van der Waals surface area contributed by atoms with E-state index in [1.807, 2.05) is 30.5 Å². The molecule has 0 bridgehead atoms. The second-order valence-corrected chi connectivity index (χ2v) is 8.70. The summed E-state index contributed by atoms with van der Waals surface area (Å²) in [7, 11) is 1.83. The Morgan fingerprint density at radius 3 is 2.83 bits per heavy atom. The van der Waals surface area contributed by atoms with Gasteiger partial charge in [0.2, 0.25) is 0 Å². The molecule has 0 amide bonds. The van der Waals surface area contributed by atoms with Crippen LogP contribution in [0.5, 0.6) is 0 Å². The summed E-state index contributed by atoms with van der Waals surface area (Å²) in [5.74, 6) is 1.37. The molecular weight excluding hydrogens is 519 g/mol. The van der Waals surface area contributed by atoms with Crippen molar-refractivity contribution in [3.63, 3.8) is 0 Å². The molecule has 3 atom stereocenters. The van der Waals surface area contributed by atoms with Gasteiger partial charge in [0, 0.05) is 48.5 Å². The number of nitrogens with one attached hydrogen (secondary N) is 2. The lowest BCUT2D eigenvalue weighted by atomic mass is 10.1. The quantitative estimate of drug-likeness (QED) is 0.325. The fraction of sp³-hybridized carbons (Fsp3) is 0.476. The van der Waals surface area contributed by atoms with Gasteiger partial charge in [0.25, 0.3) is 0 Å². The predicted octanol–water partition coefficient (Wildman–Crippen LogP) is 4.11. The average Bonchev–Trinajstić information content (AvgIpc) is 3.28. The zero-order valence-electron chi connectivity index (χ0n) is 16.5. The highest BCUT2D eigenvalue weighted by atomic mass is 127. The second-order valence-electron chi connectivity index (χ2n) is 7.28. The van der Waals surface area contributed by atoms with E-state index in [9.17, 15) is 0 Å². The molecule has 5 nitrogen and oxygen atoms in total. The third kappa shape index (κ3) is 6.07. The summed E-state index contributed by atoms with van der Waals surface area (Å²) in [5.41, 5.74) is 1.30. The average molecular weight is 547 g/mol. The van der Waals surface area contributed by atoms with Gasteiger partial charge in [-0.15, -0.1) is 35.3 Å². The lowest BCUT2D eigenvalue weighted by Gasteiger charge is -2.34. The highest BCUT2D eigenvalue weighted by molar-refractivity contribution is 14.0. The second kappa shape index (κ2) is 10.9. The Hall–Kier alpha value is -0.870. The largest absolute Gasteiger partial charge is 0.379 e. The predicted molar refractivity (Wildman–Crippen MR) is 132 cm³/mol. The molecule has 0 radical (unpaired) electrons. The molecule has 1 aliphatic carbocycles. The number of benzene rings is 1. The number of ether oxygens (including phenoxy) is 1. The van der Waals surface area contributed by atoms with Gasteiger partial charge in [0.15, 0.2) is 5.96 Å². The standard InChI is InChI=1S/C21H27ClN4OS.HI/c1-23-21(25-18-13-17(18)15-4-2-5-16(22)12-15)24-14-19(20-6-3-11-28-20)26-7-9-27-10-8-26;/h2-6,11-12,17-19H,7-10,13-14H2,1H3,(H2,23,24,25);1H. The maximum atomic E-state index is 6.14. The molecule has 1 saturated heterocycles. The van der Waals surface area contributed by atoms with E-state index in [1.54, 1.807) is 0 Å². The van der Waals surface area contributed by atoms with Gasteiger partial charge < -0.3 is 15.4 Å². The normalized spacial score (nSPS) is 23.2. The zero-order chi connectivity index (χ0) is 19.3. The van der Waals surface area contributed by atoms with E-state index in [1.165, 1.54) is 10.4 Å². The highest BCUT2D eigenvalue weighted by Crippen LogP contribution is 2.41. The van der Waals surface area contributed by atoms with Crippen LogP contribution in [0.3, 0.4) is 0 Å². The Morgan fingerprint density at radius 2 is 2.14 bits per heavy atom. The SMILES string of the molecule is CN=C(NCC(c1cccs1)N1CCOCC1)NC1CC1c1cccc(Cl)c1.I. The molecule has 2 N–H and O–H groups in total. The molecule has 1 aliphatic heterocycles. The van der Waals surface area contributed by atoms with Crippen molar-refractivity contribution in [2.24, 2.45) is 4.99 Å². The lowest BCUT2D eigenvalue weighted by Crippen LogP contribution is -2.46. The third-order valence-electron chi connectivity index (χ3n) is 5.43. The highest BCUT2D eigenvalue weighted by Gasteiger charge is 2.39. The molecular formula is C21H28ClIN4OS. The van der Waals surface area contributed by atoms with E-state index in [0.29, 0.717) is 18.0 Å². The fourth-order valence-corrected chi connectivity index (χ4v) is 4.86. The molecule has 2 fully saturated rings. The molecule has 29 heavy (non-hydrogen) atoms. The molecule has 4 rings (SSSR count). The summed E-state index contributed by atoms with van der Waals surface area (Å²) in [6, 6.07) is 13.3. The Bertz CT molecular complexity index is 798.